The lowest BCUT2D eigenvalue weighted by molar-refractivity contribution is -0.121. The summed E-state index contributed by atoms with van der Waals surface area (Å²) < 4.78 is 5.22. The van der Waals surface area contributed by atoms with E-state index in [1.807, 2.05) is 35.7 Å². The maximum atomic E-state index is 12.4. The van der Waals surface area contributed by atoms with Gasteiger partial charge in [-0.15, -0.1) is 11.3 Å². The van der Waals surface area contributed by atoms with Crippen LogP contribution in [0.3, 0.4) is 0 Å². The molecule has 1 saturated carbocycles. The van der Waals surface area contributed by atoms with Crippen LogP contribution in [0.1, 0.15) is 36.6 Å². The van der Waals surface area contributed by atoms with E-state index in [1.54, 1.807) is 11.3 Å². The van der Waals surface area contributed by atoms with Gasteiger partial charge in [0.2, 0.25) is 17.6 Å². The number of carbonyl (C=O) groups is 1. The summed E-state index contributed by atoms with van der Waals surface area (Å²) in [6.45, 7) is 0.267. The number of nitrogens with zero attached hydrogens (tertiary/aromatic N) is 2. The summed E-state index contributed by atoms with van der Waals surface area (Å²) in [5, 5.41) is 8.83. The van der Waals surface area contributed by atoms with Crippen molar-refractivity contribution in [3.05, 3.63) is 59.3 Å². The fourth-order valence-corrected chi connectivity index (χ4v) is 3.68. The third kappa shape index (κ3) is 3.96. The second kappa shape index (κ2) is 7.19. The first-order chi connectivity index (χ1) is 12.3. The second-order valence-corrected chi connectivity index (χ2v) is 7.27. The summed E-state index contributed by atoms with van der Waals surface area (Å²) in [5.41, 5.74) is 1.25. The molecule has 2 aromatic heterocycles. The fourth-order valence-electron chi connectivity index (χ4n) is 3.03. The second-order valence-electron chi connectivity index (χ2n) is 6.32. The van der Waals surface area contributed by atoms with Gasteiger partial charge in [0, 0.05) is 6.42 Å². The SMILES string of the molecule is O=C(CC(c1ccccc1)C1CC1)NCc1nc(-c2cccs2)no1. The Kier molecular flexibility index (Phi) is 4.61. The summed E-state index contributed by atoms with van der Waals surface area (Å²) in [7, 11) is 0. The molecule has 1 amide bonds. The zero-order chi connectivity index (χ0) is 17.1. The van der Waals surface area contributed by atoms with E-state index in [9.17, 15) is 4.79 Å². The number of amides is 1. The summed E-state index contributed by atoms with van der Waals surface area (Å²) in [4.78, 5) is 17.7. The molecule has 1 aliphatic carbocycles. The largest absolute Gasteiger partial charge is 0.347 e. The van der Waals surface area contributed by atoms with Crippen LogP contribution in [-0.4, -0.2) is 16.0 Å². The maximum Gasteiger partial charge on any atom is 0.246 e. The Hall–Kier alpha value is -2.47. The van der Waals surface area contributed by atoms with Gasteiger partial charge in [0.15, 0.2) is 0 Å². The van der Waals surface area contributed by atoms with Crippen molar-refractivity contribution in [2.24, 2.45) is 5.92 Å². The standard InChI is InChI=1S/C19H19N3O2S/c23-17(11-15(14-8-9-14)13-5-2-1-3-6-13)20-12-18-21-19(22-24-18)16-7-4-10-25-16/h1-7,10,14-15H,8-9,11-12H2,(H,20,23). The fraction of sp³-hybridized carbons (Fsp3) is 0.316. The average Bonchev–Trinajstić information content (AvgIpc) is 3.13. The average molecular weight is 353 g/mol. The molecule has 0 spiro atoms. The molecule has 0 radical (unpaired) electrons. The van der Waals surface area contributed by atoms with Gasteiger partial charge in [-0.2, -0.15) is 4.98 Å². The molecule has 0 aliphatic heterocycles. The zero-order valence-corrected chi connectivity index (χ0v) is 14.5. The number of nitrogens with one attached hydrogen (secondary N) is 1. The highest BCUT2D eigenvalue weighted by atomic mass is 32.1. The van der Waals surface area contributed by atoms with Crippen molar-refractivity contribution in [3.63, 3.8) is 0 Å². The molecule has 1 unspecified atom stereocenters. The van der Waals surface area contributed by atoms with E-state index in [0.29, 0.717) is 30.0 Å². The minimum Gasteiger partial charge on any atom is -0.347 e. The molecule has 1 aromatic carbocycles. The number of rotatable bonds is 7. The highest BCUT2D eigenvalue weighted by Crippen LogP contribution is 2.44. The first-order valence-electron chi connectivity index (χ1n) is 8.47. The van der Waals surface area contributed by atoms with Gasteiger partial charge >= 0.3 is 0 Å². The lowest BCUT2D eigenvalue weighted by atomic mass is 9.91. The number of hydrogen-bond donors (Lipinski definition) is 1. The molecular formula is C19H19N3O2S. The predicted molar refractivity (Wildman–Crippen MR) is 96.0 cm³/mol. The van der Waals surface area contributed by atoms with Crippen LogP contribution >= 0.6 is 11.3 Å². The molecule has 1 N–H and O–H groups in total. The first kappa shape index (κ1) is 16.0. The Morgan fingerprint density at radius 2 is 2.08 bits per heavy atom. The van der Waals surface area contributed by atoms with E-state index in [0.717, 1.165) is 4.88 Å². The van der Waals surface area contributed by atoms with Gasteiger partial charge in [0.1, 0.15) is 0 Å². The summed E-state index contributed by atoms with van der Waals surface area (Å²) >= 11 is 1.56. The molecule has 1 fully saturated rings. The van der Waals surface area contributed by atoms with Crippen LogP contribution in [0.25, 0.3) is 10.7 Å². The first-order valence-corrected chi connectivity index (χ1v) is 9.35. The lowest BCUT2D eigenvalue weighted by Gasteiger charge is -2.16. The highest BCUT2D eigenvalue weighted by molar-refractivity contribution is 7.13. The van der Waals surface area contributed by atoms with Crippen LogP contribution in [0.15, 0.2) is 52.4 Å². The number of thiophene rings is 1. The molecule has 5 nitrogen and oxygen atoms in total. The maximum absolute atomic E-state index is 12.4. The van der Waals surface area contributed by atoms with E-state index >= 15 is 0 Å². The van der Waals surface area contributed by atoms with E-state index in [1.165, 1.54) is 18.4 Å². The molecule has 4 rings (SSSR count). The van der Waals surface area contributed by atoms with Crippen molar-refractivity contribution in [3.8, 4) is 10.7 Å². The summed E-state index contributed by atoms with van der Waals surface area (Å²) in [6, 6.07) is 14.2. The summed E-state index contributed by atoms with van der Waals surface area (Å²) in [6.07, 6.45) is 2.92. The normalized spacial score (nSPS) is 15.0. The Bertz CT molecular complexity index is 825. The number of benzene rings is 1. The lowest BCUT2D eigenvalue weighted by Crippen LogP contribution is -2.25. The monoisotopic (exact) mass is 353 g/mol. The molecule has 128 valence electrons. The molecule has 1 aliphatic rings. The van der Waals surface area contributed by atoms with Crippen molar-refractivity contribution in [2.75, 3.05) is 0 Å². The predicted octanol–water partition coefficient (Wildman–Crippen LogP) is 4.00. The van der Waals surface area contributed by atoms with Crippen LogP contribution in [0.2, 0.25) is 0 Å². The number of aromatic nitrogens is 2. The zero-order valence-electron chi connectivity index (χ0n) is 13.7. The van der Waals surface area contributed by atoms with Crippen LogP contribution in [0.4, 0.5) is 0 Å². The van der Waals surface area contributed by atoms with Crippen molar-refractivity contribution >= 4 is 17.2 Å². The molecule has 1 atom stereocenters. The molecule has 0 bridgehead atoms. The van der Waals surface area contributed by atoms with Gasteiger partial charge in [-0.05, 0) is 41.7 Å². The van der Waals surface area contributed by atoms with E-state index in [4.69, 9.17) is 4.52 Å². The van der Waals surface area contributed by atoms with Crippen LogP contribution < -0.4 is 5.32 Å². The molecular weight excluding hydrogens is 334 g/mol. The van der Waals surface area contributed by atoms with Gasteiger partial charge in [-0.1, -0.05) is 41.6 Å². The Morgan fingerprint density at radius 1 is 1.24 bits per heavy atom. The van der Waals surface area contributed by atoms with Crippen molar-refractivity contribution in [1.29, 1.82) is 0 Å². The van der Waals surface area contributed by atoms with Gasteiger partial charge in [0.25, 0.3) is 0 Å². The third-order valence-corrected chi connectivity index (χ3v) is 5.34. The topological polar surface area (TPSA) is 68.0 Å². The minimum atomic E-state index is 0.0247. The van der Waals surface area contributed by atoms with Crippen LogP contribution in [-0.2, 0) is 11.3 Å². The van der Waals surface area contributed by atoms with Crippen molar-refractivity contribution in [2.45, 2.75) is 31.7 Å². The Morgan fingerprint density at radius 3 is 2.80 bits per heavy atom. The van der Waals surface area contributed by atoms with E-state index in [2.05, 4.69) is 27.6 Å². The van der Waals surface area contributed by atoms with Gasteiger partial charge in [-0.25, -0.2) is 0 Å². The van der Waals surface area contributed by atoms with Crippen molar-refractivity contribution < 1.29 is 9.32 Å². The Labute approximate surface area is 150 Å². The third-order valence-electron chi connectivity index (χ3n) is 4.47. The number of carbonyl (C=O) groups excluding carboxylic acids is 1. The van der Waals surface area contributed by atoms with Gasteiger partial charge in [0.05, 0.1) is 11.4 Å². The summed E-state index contributed by atoms with van der Waals surface area (Å²) in [5.74, 6) is 1.95. The molecule has 6 heteroatoms. The highest BCUT2D eigenvalue weighted by Gasteiger charge is 2.33. The molecule has 25 heavy (non-hydrogen) atoms. The van der Waals surface area contributed by atoms with E-state index < -0.39 is 0 Å². The minimum absolute atomic E-state index is 0.0247. The van der Waals surface area contributed by atoms with Crippen LogP contribution in [0.5, 0.6) is 0 Å². The van der Waals surface area contributed by atoms with E-state index in [-0.39, 0.29) is 12.5 Å². The van der Waals surface area contributed by atoms with Gasteiger partial charge in [-0.3, -0.25) is 4.79 Å². The molecule has 0 saturated heterocycles. The number of hydrogen-bond acceptors (Lipinski definition) is 5. The quantitative estimate of drug-likeness (QED) is 0.697. The Balaban J connectivity index is 1.34. The van der Waals surface area contributed by atoms with Crippen LogP contribution in [0, 0.1) is 5.92 Å². The molecule has 3 aromatic rings. The molecule has 2 heterocycles. The van der Waals surface area contributed by atoms with Gasteiger partial charge < -0.3 is 9.84 Å². The smallest absolute Gasteiger partial charge is 0.246 e. The van der Waals surface area contributed by atoms with Crippen molar-refractivity contribution in [1.82, 2.24) is 15.5 Å².